The standard InChI is InChI=1S/C22H25N3O4/c26-21(24-11-13-29-14-12-24)17-7-8-19(20(15-17)25(27)28)23-16-22(9-4-10-22)18-5-2-1-3-6-18/h1-3,5-8,15,23H,4,9-14,16H2. The molecule has 7 nitrogen and oxygen atoms in total. The van der Waals surface area contributed by atoms with Crippen LogP contribution < -0.4 is 5.32 Å². The molecule has 7 heteroatoms. The van der Waals surface area contributed by atoms with E-state index < -0.39 is 4.92 Å². The van der Waals surface area contributed by atoms with Crippen molar-refractivity contribution in [3.05, 3.63) is 69.8 Å². The molecule has 0 bridgehead atoms. The van der Waals surface area contributed by atoms with Crippen molar-refractivity contribution in [3.8, 4) is 0 Å². The number of ether oxygens (including phenoxy) is 1. The molecule has 0 radical (unpaired) electrons. The van der Waals surface area contributed by atoms with E-state index >= 15 is 0 Å². The number of nitrogens with one attached hydrogen (secondary N) is 1. The summed E-state index contributed by atoms with van der Waals surface area (Å²) in [7, 11) is 0. The van der Waals surface area contributed by atoms with Crippen LogP contribution in [0.1, 0.15) is 35.2 Å². The summed E-state index contributed by atoms with van der Waals surface area (Å²) < 4.78 is 5.27. The van der Waals surface area contributed by atoms with Crippen molar-refractivity contribution >= 4 is 17.3 Å². The second kappa shape index (κ2) is 8.21. The first-order valence-electron chi connectivity index (χ1n) is 10.0. The van der Waals surface area contributed by atoms with Crippen LogP contribution in [-0.4, -0.2) is 48.6 Å². The molecule has 1 amide bonds. The van der Waals surface area contributed by atoms with E-state index in [4.69, 9.17) is 4.74 Å². The first-order valence-corrected chi connectivity index (χ1v) is 10.0. The smallest absolute Gasteiger partial charge is 0.293 e. The van der Waals surface area contributed by atoms with Gasteiger partial charge >= 0.3 is 0 Å². The van der Waals surface area contributed by atoms with Crippen molar-refractivity contribution in [1.82, 2.24) is 4.90 Å². The Morgan fingerprint density at radius 3 is 2.48 bits per heavy atom. The molecule has 2 aromatic carbocycles. The summed E-state index contributed by atoms with van der Waals surface area (Å²) in [4.78, 5) is 25.6. The number of morpholine rings is 1. The van der Waals surface area contributed by atoms with Gasteiger partial charge in [-0.15, -0.1) is 0 Å². The van der Waals surface area contributed by atoms with Crippen LogP contribution in [0.25, 0.3) is 0 Å². The third-order valence-electron chi connectivity index (χ3n) is 6.05. The lowest BCUT2D eigenvalue weighted by Crippen LogP contribution is -2.41. The Balaban J connectivity index is 1.53. The van der Waals surface area contributed by atoms with Gasteiger partial charge in [-0.2, -0.15) is 0 Å². The Bertz CT molecular complexity index is 890. The molecule has 1 aliphatic carbocycles. The van der Waals surface area contributed by atoms with Crippen molar-refractivity contribution in [3.63, 3.8) is 0 Å². The average Bonchev–Trinajstić information content (AvgIpc) is 2.74. The topological polar surface area (TPSA) is 84.7 Å². The summed E-state index contributed by atoms with van der Waals surface area (Å²) in [5.74, 6) is -0.192. The summed E-state index contributed by atoms with van der Waals surface area (Å²) >= 11 is 0. The number of nitro benzene ring substituents is 1. The normalized spacial score (nSPS) is 18.0. The van der Waals surface area contributed by atoms with Gasteiger partial charge in [-0.1, -0.05) is 36.8 Å². The van der Waals surface area contributed by atoms with E-state index in [0.29, 0.717) is 44.1 Å². The van der Waals surface area contributed by atoms with E-state index in [2.05, 4.69) is 17.4 Å². The van der Waals surface area contributed by atoms with Crippen LogP contribution in [0.4, 0.5) is 11.4 Å². The van der Waals surface area contributed by atoms with Crippen molar-refractivity contribution in [2.75, 3.05) is 38.2 Å². The summed E-state index contributed by atoms with van der Waals surface area (Å²) in [6.45, 7) is 2.64. The fraction of sp³-hybridized carbons (Fsp3) is 0.409. The first-order chi connectivity index (χ1) is 14.1. The van der Waals surface area contributed by atoms with E-state index in [1.54, 1.807) is 17.0 Å². The van der Waals surface area contributed by atoms with Crippen molar-refractivity contribution in [2.45, 2.75) is 24.7 Å². The maximum Gasteiger partial charge on any atom is 0.293 e. The van der Waals surface area contributed by atoms with Crippen molar-refractivity contribution < 1.29 is 14.5 Å². The van der Waals surface area contributed by atoms with Gasteiger partial charge in [0.2, 0.25) is 0 Å². The third-order valence-corrected chi connectivity index (χ3v) is 6.05. The monoisotopic (exact) mass is 395 g/mol. The lowest BCUT2D eigenvalue weighted by Gasteiger charge is -2.42. The van der Waals surface area contributed by atoms with Crippen molar-refractivity contribution in [1.29, 1.82) is 0 Å². The minimum Gasteiger partial charge on any atom is -0.379 e. The number of nitro groups is 1. The Hall–Kier alpha value is -2.93. The molecule has 0 spiro atoms. The van der Waals surface area contributed by atoms with Gasteiger partial charge in [0.05, 0.1) is 18.1 Å². The lowest BCUT2D eigenvalue weighted by atomic mass is 9.64. The van der Waals surface area contributed by atoms with E-state index in [1.807, 2.05) is 18.2 Å². The van der Waals surface area contributed by atoms with E-state index in [9.17, 15) is 14.9 Å². The number of hydrogen-bond acceptors (Lipinski definition) is 5. The largest absolute Gasteiger partial charge is 0.379 e. The van der Waals surface area contributed by atoms with Gasteiger partial charge in [0.1, 0.15) is 5.69 Å². The summed E-state index contributed by atoms with van der Waals surface area (Å²) in [6, 6.07) is 15.0. The molecule has 0 aromatic heterocycles. The SMILES string of the molecule is O=C(c1ccc(NCC2(c3ccccc3)CCC2)c([N+](=O)[O-])c1)N1CCOCC1. The molecule has 29 heavy (non-hydrogen) atoms. The summed E-state index contributed by atoms with van der Waals surface area (Å²) in [5.41, 5.74) is 2.01. The number of hydrogen-bond donors (Lipinski definition) is 1. The summed E-state index contributed by atoms with van der Waals surface area (Å²) in [6.07, 6.45) is 3.28. The molecule has 1 saturated heterocycles. The maximum absolute atomic E-state index is 12.7. The van der Waals surface area contributed by atoms with Crippen LogP contribution in [-0.2, 0) is 10.2 Å². The Morgan fingerprint density at radius 1 is 1.14 bits per heavy atom. The summed E-state index contributed by atoms with van der Waals surface area (Å²) in [5, 5.41) is 15.0. The minimum atomic E-state index is -0.422. The molecule has 1 heterocycles. The molecule has 2 fully saturated rings. The molecule has 2 aliphatic rings. The second-order valence-electron chi connectivity index (χ2n) is 7.75. The zero-order chi connectivity index (χ0) is 20.3. The van der Waals surface area contributed by atoms with Gasteiger partial charge in [0, 0.05) is 36.7 Å². The molecule has 1 aliphatic heterocycles. The Morgan fingerprint density at radius 2 is 1.86 bits per heavy atom. The van der Waals surface area contributed by atoms with Gasteiger partial charge in [0.25, 0.3) is 11.6 Å². The number of carbonyl (C=O) groups is 1. The number of anilines is 1. The highest BCUT2D eigenvalue weighted by atomic mass is 16.6. The highest BCUT2D eigenvalue weighted by Crippen LogP contribution is 2.44. The number of rotatable bonds is 6. The van der Waals surface area contributed by atoms with Crippen LogP contribution >= 0.6 is 0 Å². The second-order valence-corrected chi connectivity index (χ2v) is 7.75. The highest BCUT2D eigenvalue weighted by Gasteiger charge is 2.38. The van der Waals surface area contributed by atoms with Gasteiger partial charge in [0.15, 0.2) is 0 Å². The number of nitrogens with zero attached hydrogens (tertiary/aromatic N) is 2. The van der Waals surface area contributed by atoms with Gasteiger partial charge in [-0.05, 0) is 30.5 Å². The number of carbonyl (C=O) groups excluding carboxylic acids is 1. The zero-order valence-electron chi connectivity index (χ0n) is 16.3. The van der Waals surface area contributed by atoms with Crippen LogP contribution in [0.5, 0.6) is 0 Å². The fourth-order valence-corrected chi connectivity index (χ4v) is 4.14. The third kappa shape index (κ3) is 3.96. The van der Waals surface area contributed by atoms with Crippen LogP contribution in [0.15, 0.2) is 48.5 Å². The molecular formula is C22H25N3O4. The van der Waals surface area contributed by atoms with Gasteiger partial charge in [-0.3, -0.25) is 14.9 Å². The minimum absolute atomic E-state index is 0.0113. The molecule has 152 valence electrons. The van der Waals surface area contributed by atoms with Crippen molar-refractivity contribution in [2.24, 2.45) is 0 Å². The van der Waals surface area contributed by atoms with E-state index in [0.717, 1.165) is 19.3 Å². The fourth-order valence-electron chi connectivity index (χ4n) is 4.14. The Labute approximate surface area is 169 Å². The van der Waals surface area contributed by atoms with Crippen LogP contribution in [0.2, 0.25) is 0 Å². The van der Waals surface area contributed by atoms with Gasteiger partial charge in [-0.25, -0.2) is 0 Å². The van der Waals surface area contributed by atoms with Crippen LogP contribution in [0, 0.1) is 10.1 Å². The molecule has 4 rings (SSSR count). The maximum atomic E-state index is 12.7. The van der Waals surface area contributed by atoms with Gasteiger partial charge < -0.3 is 15.0 Å². The molecular weight excluding hydrogens is 370 g/mol. The van der Waals surface area contributed by atoms with Crippen LogP contribution in [0.3, 0.4) is 0 Å². The molecule has 1 saturated carbocycles. The molecule has 2 aromatic rings. The number of benzene rings is 2. The Kier molecular flexibility index (Phi) is 5.49. The first kappa shape index (κ1) is 19.4. The molecule has 0 unspecified atom stereocenters. The number of amides is 1. The predicted octanol–water partition coefficient (Wildman–Crippen LogP) is 3.60. The molecule has 1 N–H and O–H groups in total. The average molecular weight is 395 g/mol. The van der Waals surface area contributed by atoms with E-state index in [-0.39, 0.29) is 17.0 Å². The molecule has 0 atom stereocenters. The zero-order valence-corrected chi connectivity index (χ0v) is 16.3. The predicted molar refractivity (Wildman–Crippen MR) is 110 cm³/mol. The van der Waals surface area contributed by atoms with E-state index in [1.165, 1.54) is 11.6 Å². The quantitative estimate of drug-likeness (QED) is 0.597. The highest BCUT2D eigenvalue weighted by molar-refractivity contribution is 5.95. The lowest BCUT2D eigenvalue weighted by molar-refractivity contribution is -0.384.